The first-order chi connectivity index (χ1) is 13.3. The van der Waals surface area contributed by atoms with Gasteiger partial charge in [-0.05, 0) is 49.7 Å². The number of benzene rings is 2. The van der Waals surface area contributed by atoms with E-state index in [4.69, 9.17) is 5.11 Å². The van der Waals surface area contributed by atoms with Gasteiger partial charge in [0, 0.05) is 28.7 Å². The molecular formula is C20H18F2N2O4. The number of rotatable bonds is 6. The zero-order chi connectivity index (χ0) is 20.4. The van der Waals surface area contributed by atoms with Crippen LogP contribution in [0.4, 0.5) is 14.5 Å². The second-order valence-electron chi connectivity index (χ2n) is 6.68. The van der Waals surface area contributed by atoms with Gasteiger partial charge < -0.3 is 15.7 Å². The molecule has 3 atom stereocenters. The summed E-state index contributed by atoms with van der Waals surface area (Å²) in [5, 5.41) is 13.8. The highest BCUT2D eigenvalue weighted by atomic mass is 19.1. The number of anilines is 1. The number of carbonyl (C=O) groups is 3. The molecule has 0 spiro atoms. The number of halogens is 2. The largest absolute Gasteiger partial charge is 0.480 e. The molecule has 28 heavy (non-hydrogen) atoms. The highest BCUT2D eigenvalue weighted by Crippen LogP contribution is 2.49. The lowest BCUT2D eigenvalue weighted by Gasteiger charge is -2.10. The zero-order valence-electron chi connectivity index (χ0n) is 14.9. The van der Waals surface area contributed by atoms with Crippen molar-refractivity contribution >= 4 is 23.5 Å². The third-order valence-corrected chi connectivity index (χ3v) is 4.63. The fourth-order valence-corrected chi connectivity index (χ4v) is 2.95. The Morgan fingerprint density at radius 2 is 1.68 bits per heavy atom. The molecule has 1 aliphatic carbocycles. The van der Waals surface area contributed by atoms with Gasteiger partial charge in [0.1, 0.15) is 17.7 Å². The Morgan fingerprint density at radius 3 is 2.25 bits per heavy atom. The van der Waals surface area contributed by atoms with Gasteiger partial charge in [0.25, 0.3) is 5.91 Å². The molecule has 0 aromatic heterocycles. The quantitative estimate of drug-likeness (QED) is 0.709. The highest BCUT2D eigenvalue weighted by molar-refractivity contribution is 5.98. The SMILES string of the molecule is CC(NC(=O)c1ccc(NC(=O)C2CC2c2c(F)cccc2F)cc1)C(=O)O. The van der Waals surface area contributed by atoms with Gasteiger partial charge in [0.2, 0.25) is 5.91 Å². The van der Waals surface area contributed by atoms with Crippen LogP contribution in [0.1, 0.15) is 35.2 Å². The Kier molecular flexibility index (Phi) is 5.39. The number of nitrogens with one attached hydrogen (secondary N) is 2. The molecule has 3 N–H and O–H groups in total. The van der Waals surface area contributed by atoms with Gasteiger partial charge in [-0.25, -0.2) is 8.78 Å². The lowest BCUT2D eigenvalue weighted by Crippen LogP contribution is -2.38. The van der Waals surface area contributed by atoms with E-state index in [0.717, 1.165) is 0 Å². The van der Waals surface area contributed by atoms with Crippen LogP contribution in [0.25, 0.3) is 0 Å². The molecule has 1 saturated carbocycles. The van der Waals surface area contributed by atoms with Crippen molar-refractivity contribution in [3.8, 4) is 0 Å². The van der Waals surface area contributed by atoms with E-state index in [9.17, 15) is 23.2 Å². The third kappa shape index (κ3) is 4.16. The topological polar surface area (TPSA) is 95.5 Å². The molecule has 6 nitrogen and oxygen atoms in total. The zero-order valence-corrected chi connectivity index (χ0v) is 14.9. The molecule has 146 valence electrons. The fourth-order valence-electron chi connectivity index (χ4n) is 2.95. The first-order valence-electron chi connectivity index (χ1n) is 8.66. The van der Waals surface area contributed by atoms with Gasteiger partial charge in [-0.1, -0.05) is 6.07 Å². The normalized spacial score (nSPS) is 18.8. The number of amides is 2. The van der Waals surface area contributed by atoms with Crippen molar-refractivity contribution in [3.05, 3.63) is 65.2 Å². The Morgan fingerprint density at radius 1 is 1.07 bits per heavy atom. The van der Waals surface area contributed by atoms with Crippen molar-refractivity contribution in [2.24, 2.45) is 5.92 Å². The van der Waals surface area contributed by atoms with Crippen LogP contribution in [-0.4, -0.2) is 28.9 Å². The minimum Gasteiger partial charge on any atom is -0.480 e. The average Bonchev–Trinajstić information content (AvgIpc) is 3.42. The van der Waals surface area contributed by atoms with Crippen LogP contribution < -0.4 is 10.6 Å². The van der Waals surface area contributed by atoms with Crippen LogP contribution in [0.15, 0.2) is 42.5 Å². The van der Waals surface area contributed by atoms with Crippen LogP contribution in [0.2, 0.25) is 0 Å². The molecule has 2 aromatic rings. The predicted octanol–water partition coefficient (Wildman–Crippen LogP) is 2.91. The van der Waals surface area contributed by atoms with Gasteiger partial charge >= 0.3 is 5.97 Å². The standard InChI is InChI=1S/C20H18F2N2O4/c1-10(20(27)28)23-18(25)11-5-7-12(8-6-11)24-19(26)14-9-13(14)17-15(21)3-2-4-16(17)22/h2-8,10,13-14H,9H2,1H3,(H,23,25)(H,24,26)(H,27,28). The molecule has 1 fully saturated rings. The van der Waals surface area contributed by atoms with Crippen LogP contribution >= 0.6 is 0 Å². The first kappa shape index (κ1) is 19.5. The van der Waals surface area contributed by atoms with Crippen LogP contribution in [0.5, 0.6) is 0 Å². The van der Waals surface area contributed by atoms with Crippen LogP contribution in [0, 0.1) is 17.6 Å². The van der Waals surface area contributed by atoms with E-state index in [1.54, 1.807) is 0 Å². The molecule has 0 heterocycles. The number of carbonyl (C=O) groups excluding carboxylic acids is 2. The summed E-state index contributed by atoms with van der Waals surface area (Å²) >= 11 is 0. The number of carboxylic acid groups (broad SMARTS) is 1. The molecule has 0 bridgehead atoms. The average molecular weight is 388 g/mol. The van der Waals surface area contributed by atoms with E-state index in [-0.39, 0.29) is 17.0 Å². The van der Waals surface area contributed by atoms with E-state index in [2.05, 4.69) is 10.6 Å². The second-order valence-corrected chi connectivity index (χ2v) is 6.68. The van der Waals surface area contributed by atoms with Crippen molar-refractivity contribution in [1.82, 2.24) is 5.32 Å². The molecule has 0 aliphatic heterocycles. The Bertz CT molecular complexity index is 910. The Hall–Kier alpha value is -3.29. The summed E-state index contributed by atoms with van der Waals surface area (Å²) in [6.07, 6.45) is 0.358. The fraction of sp³-hybridized carbons (Fsp3) is 0.250. The Labute approximate surface area is 159 Å². The van der Waals surface area contributed by atoms with Gasteiger partial charge in [-0.2, -0.15) is 0 Å². The van der Waals surface area contributed by atoms with Crippen molar-refractivity contribution in [2.75, 3.05) is 5.32 Å². The summed E-state index contributed by atoms with van der Waals surface area (Å²) in [6, 6.07) is 8.47. The maximum Gasteiger partial charge on any atom is 0.325 e. The summed E-state index contributed by atoms with van der Waals surface area (Å²) in [5.74, 6) is -4.40. The van der Waals surface area contributed by atoms with Crippen molar-refractivity contribution in [1.29, 1.82) is 0 Å². The first-order valence-corrected chi connectivity index (χ1v) is 8.66. The van der Waals surface area contributed by atoms with Crippen LogP contribution in [-0.2, 0) is 9.59 Å². The van der Waals surface area contributed by atoms with Crippen LogP contribution in [0.3, 0.4) is 0 Å². The van der Waals surface area contributed by atoms with Crippen molar-refractivity contribution in [2.45, 2.75) is 25.3 Å². The monoisotopic (exact) mass is 388 g/mol. The van der Waals surface area contributed by atoms with E-state index in [1.165, 1.54) is 49.4 Å². The molecule has 3 rings (SSSR count). The predicted molar refractivity (Wildman–Crippen MR) is 96.8 cm³/mol. The molecule has 0 saturated heterocycles. The molecule has 8 heteroatoms. The molecular weight excluding hydrogens is 370 g/mol. The highest BCUT2D eigenvalue weighted by Gasteiger charge is 2.46. The lowest BCUT2D eigenvalue weighted by atomic mass is 10.1. The minimum absolute atomic E-state index is 0.0674. The minimum atomic E-state index is -1.15. The number of carboxylic acids is 1. The van der Waals surface area contributed by atoms with Gasteiger partial charge in [0.05, 0.1) is 0 Å². The lowest BCUT2D eigenvalue weighted by molar-refractivity contribution is -0.138. The maximum atomic E-state index is 13.8. The van der Waals surface area contributed by atoms with Gasteiger partial charge in [-0.3, -0.25) is 14.4 Å². The van der Waals surface area contributed by atoms with Gasteiger partial charge in [-0.15, -0.1) is 0 Å². The number of aliphatic carboxylic acids is 1. The summed E-state index contributed by atoms with van der Waals surface area (Å²) in [6.45, 7) is 1.35. The molecule has 0 radical (unpaired) electrons. The Balaban J connectivity index is 1.60. The summed E-state index contributed by atoms with van der Waals surface area (Å²) in [4.78, 5) is 35.0. The number of hydrogen-bond donors (Lipinski definition) is 3. The van der Waals surface area contributed by atoms with Crippen molar-refractivity contribution in [3.63, 3.8) is 0 Å². The molecule has 1 aliphatic rings. The summed E-state index contributed by atoms with van der Waals surface area (Å²) in [7, 11) is 0. The maximum absolute atomic E-state index is 13.8. The second kappa shape index (κ2) is 7.75. The van der Waals surface area contributed by atoms with E-state index in [0.29, 0.717) is 12.1 Å². The van der Waals surface area contributed by atoms with Crippen molar-refractivity contribution < 1.29 is 28.3 Å². The smallest absolute Gasteiger partial charge is 0.325 e. The molecule has 3 unspecified atom stereocenters. The van der Waals surface area contributed by atoms with Gasteiger partial charge in [0.15, 0.2) is 0 Å². The summed E-state index contributed by atoms with van der Waals surface area (Å²) in [5.41, 5.74) is 0.596. The third-order valence-electron chi connectivity index (χ3n) is 4.63. The van der Waals surface area contributed by atoms with E-state index >= 15 is 0 Å². The molecule has 2 amide bonds. The van der Waals surface area contributed by atoms with E-state index in [1.807, 2.05) is 0 Å². The number of hydrogen-bond acceptors (Lipinski definition) is 3. The van der Waals surface area contributed by atoms with E-state index < -0.39 is 41.4 Å². The molecule has 2 aromatic carbocycles. The summed E-state index contributed by atoms with van der Waals surface area (Å²) < 4.78 is 27.6.